The third-order valence-corrected chi connectivity index (χ3v) is 5.09. The molecule has 1 unspecified atom stereocenters. The van der Waals surface area contributed by atoms with Crippen LogP contribution in [0.15, 0.2) is 12.3 Å². The molecule has 0 radical (unpaired) electrons. The number of carbonyl (C=O) groups is 1. The first-order valence-electron chi connectivity index (χ1n) is 8.80. The lowest BCUT2D eigenvalue weighted by Crippen LogP contribution is -2.39. The lowest BCUT2D eigenvalue weighted by Gasteiger charge is -2.31. The van der Waals surface area contributed by atoms with Gasteiger partial charge in [0.05, 0.1) is 23.2 Å². The van der Waals surface area contributed by atoms with Gasteiger partial charge in [0.25, 0.3) is 5.91 Å². The summed E-state index contributed by atoms with van der Waals surface area (Å²) in [5.74, 6) is 0.368. The molecule has 3 rings (SSSR count). The number of carbonyl (C=O) groups excluding carboxylic acids is 1. The van der Waals surface area contributed by atoms with E-state index < -0.39 is 0 Å². The Morgan fingerprint density at radius 2 is 2.12 bits per heavy atom. The maximum atomic E-state index is 13.0. The largest absolute Gasteiger partial charge is 0.396 e. The van der Waals surface area contributed by atoms with Crippen LogP contribution in [0.3, 0.4) is 0 Å². The number of aliphatic hydroxyl groups is 1. The normalized spacial score (nSPS) is 17.4. The van der Waals surface area contributed by atoms with E-state index in [1.54, 1.807) is 6.20 Å². The third-order valence-electron chi connectivity index (χ3n) is 5.09. The Hall–Kier alpha value is -1.95. The van der Waals surface area contributed by atoms with Crippen molar-refractivity contribution in [3.8, 4) is 0 Å². The molecule has 1 aliphatic heterocycles. The van der Waals surface area contributed by atoms with E-state index in [-0.39, 0.29) is 18.6 Å². The molecule has 1 aliphatic rings. The number of fused-ring (bicyclic) bond motifs is 1. The minimum absolute atomic E-state index is 0.0468. The Balaban J connectivity index is 1.94. The van der Waals surface area contributed by atoms with Crippen LogP contribution in [0.25, 0.3) is 11.0 Å². The average Bonchev–Trinajstić information content (AvgIpc) is 3.03. The van der Waals surface area contributed by atoms with Crippen molar-refractivity contribution in [1.82, 2.24) is 19.7 Å². The van der Waals surface area contributed by atoms with E-state index in [2.05, 4.69) is 23.9 Å². The minimum atomic E-state index is 0.0468. The zero-order valence-corrected chi connectivity index (χ0v) is 14.7. The minimum Gasteiger partial charge on any atom is -0.396 e. The van der Waals surface area contributed by atoms with Gasteiger partial charge in [-0.3, -0.25) is 4.79 Å². The van der Waals surface area contributed by atoms with E-state index in [0.29, 0.717) is 24.6 Å². The van der Waals surface area contributed by atoms with E-state index in [0.717, 1.165) is 36.0 Å². The number of hydrogen-bond acceptors (Lipinski definition) is 4. The molecular formula is C18H26N4O2. The summed E-state index contributed by atoms with van der Waals surface area (Å²) < 4.78 is 1.91. The molecule has 130 valence electrons. The summed E-state index contributed by atoms with van der Waals surface area (Å²) in [7, 11) is 0. The topological polar surface area (TPSA) is 71.2 Å². The van der Waals surface area contributed by atoms with Gasteiger partial charge in [-0.15, -0.1) is 0 Å². The van der Waals surface area contributed by atoms with E-state index in [1.807, 2.05) is 22.6 Å². The Kier molecular flexibility index (Phi) is 4.85. The molecule has 2 aromatic rings. The number of nitrogens with zero attached hydrogens (tertiary/aromatic N) is 4. The van der Waals surface area contributed by atoms with Crippen molar-refractivity contribution in [3.05, 3.63) is 23.5 Å². The van der Waals surface area contributed by atoms with Crippen molar-refractivity contribution in [2.45, 2.75) is 46.1 Å². The van der Waals surface area contributed by atoms with Gasteiger partial charge in [-0.05, 0) is 45.1 Å². The monoisotopic (exact) mass is 330 g/mol. The zero-order valence-electron chi connectivity index (χ0n) is 14.7. The highest BCUT2D eigenvalue weighted by Crippen LogP contribution is 2.25. The van der Waals surface area contributed by atoms with Crippen molar-refractivity contribution < 1.29 is 9.90 Å². The summed E-state index contributed by atoms with van der Waals surface area (Å²) >= 11 is 0. The quantitative estimate of drug-likeness (QED) is 0.935. The SMILES string of the molecule is CCC(C)n1ncc2c(C(=O)N3CCC(CO)CC3)cc(C)nc21. The number of amides is 1. The molecule has 0 saturated carbocycles. The highest BCUT2D eigenvalue weighted by molar-refractivity contribution is 6.05. The van der Waals surface area contributed by atoms with E-state index in [1.165, 1.54) is 0 Å². The van der Waals surface area contributed by atoms with Crippen LogP contribution in [-0.2, 0) is 0 Å². The number of aliphatic hydroxyl groups excluding tert-OH is 1. The maximum Gasteiger partial charge on any atom is 0.254 e. The Morgan fingerprint density at radius 1 is 1.42 bits per heavy atom. The molecule has 6 nitrogen and oxygen atoms in total. The number of piperidine rings is 1. The fourth-order valence-electron chi connectivity index (χ4n) is 3.30. The van der Waals surface area contributed by atoms with Gasteiger partial charge in [0.15, 0.2) is 5.65 Å². The molecule has 1 fully saturated rings. The summed E-state index contributed by atoms with van der Waals surface area (Å²) in [5.41, 5.74) is 2.31. The molecule has 0 spiro atoms. The second kappa shape index (κ2) is 6.89. The maximum absolute atomic E-state index is 13.0. The first-order chi connectivity index (χ1) is 11.5. The van der Waals surface area contributed by atoms with Crippen molar-refractivity contribution >= 4 is 16.9 Å². The molecule has 0 bridgehead atoms. The number of aryl methyl sites for hydroxylation is 1. The fourth-order valence-corrected chi connectivity index (χ4v) is 3.30. The van der Waals surface area contributed by atoms with Gasteiger partial charge in [-0.1, -0.05) is 6.92 Å². The molecule has 1 N–H and O–H groups in total. The van der Waals surface area contributed by atoms with Gasteiger partial charge in [-0.2, -0.15) is 5.10 Å². The molecule has 0 aromatic carbocycles. The number of likely N-dealkylation sites (tertiary alicyclic amines) is 1. The van der Waals surface area contributed by atoms with E-state index in [9.17, 15) is 9.90 Å². The summed E-state index contributed by atoms with van der Waals surface area (Å²) in [6.07, 6.45) is 4.45. The van der Waals surface area contributed by atoms with Crippen LogP contribution in [0.2, 0.25) is 0 Å². The average molecular weight is 330 g/mol. The second-order valence-electron chi connectivity index (χ2n) is 6.81. The molecule has 1 amide bonds. The van der Waals surface area contributed by atoms with Crippen LogP contribution >= 0.6 is 0 Å². The Bertz CT molecular complexity index is 732. The van der Waals surface area contributed by atoms with Crippen LogP contribution < -0.4 is 0 Å². The first kappa shape index (κ1) is 16.9. The van der Waals surface area contributed by atoms with Crippen LogP contribution in [0.4, 0.5) is 0 Å². The first-order valence-corrected chi connectivity index (χ1v) is 8.80. The van der Waals surface area contributed by atoms with Gasteiger partial charge in [-0.25, -0.2) is 9.67 Å². The lowest BCUT2D eigenvalue weighted by molar-refractivity contribution is 0.0652. The predicted molar refractivity (Wildman–Crippen MR) is 93.0 cm³/mol. The smallest absolute Gasteiger partial charge is 0.254 e. The summed E-state index contributed by atoms with van der Waals surface area (Å²) in [6, 6.07) is 2.12. The van der Waals surface area contributed by atoms with E-state index in [4.69, 9.17) is 0 Å². The third kappa shape index (κ3) is 3.02. The molecule has 6 heteroatoms. The van der Waals surface area contributed by atoms with Crippen molar-refractivity contribution in [1.29, 1.82) is 0 Å². The van der Waals surface area contributed by atoms with Gasteiger partial charge in [0, 0.05) is 25.4 Å². The zero-order chi connectivity index (χ0) is 17.3. The van der Waals surface area contributed by atoms with Crippen LogP contribution in [0, 0.1) is 12.8 Å². The second-order valence-corrected chi connectivity index (χ2v) is 6.81. The molecule has 24 heavy (non-hydrogen) atoms. The van der Waals surface area contributed by atoms with Gasteiger partial charge in [0.2, 0.25) is 0 Å². The molecule has 2 aromatic heterocycles. The Labute approximate surface area is 142 Å². The number of hydrogen-bond donors (Lipinski definition) is 1. The Morgan fingerprint density at radius 3 is 2.75 bits per heavy atom. The van der Waals surface area contributed by atoms with E-state index >= 15 is 0 Å². The molecule has 3 heterocycles. The van der Waals surface area contributed by atoms with Gasteiger partial charge >= 0.3 is 0 Å². The van der Waals surface area contributed by atoms with Crippen molar-refractivity contribution in [2.24, 2.45) is 5.92 Å². The van der Waals surface area contributed by atoms with Crippen LogP contribution in [0.1, 0.15) is 55.2 Å². The van der Waals surface area contributed by atoms with Crippen molar-refractivity contribution in [2.75, 3.05) is 19.7 Å². The summed E-state index contributed by atoms with van der Waals surface area (Å²) in [4.78, 5) is 19.5. The lowest BCUT2D eigenvalue weighted by atomic mass is 9.97. The summed E-state index contributed by atoms with van der Waals surface area (Å²) in [6.45, 7) is 7.76. The predicted octanol–water partition coefficient (Wildman–Crippen LogP) is 2.56. The fraction of sp³-hybridized carbons (Fsp3) is 0.611. The molecular weight excluding hydrogens is 304 g/mol. The molecule has 1 atom stereocenters. The van der Waals surface area contributed by atoms with Crippen molar-refractivity contribution in [3.63, 3.8) is 0 Å². The highest BCUT2D eigenvalue weighted by Gasteiger charge is 2.26. The standard InChI is InChI=1S/C18H26N4O2/c1-4-13(3)22-17-16(10-19-22)15(9-12(2)20-17)18(24)21-7-5-14(11-23)6-8-21/h9-10,13-14,23H,4-8,11H2,1-3H3. The number of rotatable bonds is 4. The molecule has 1 saturated heterocycles. The van der Waals surface area contributed by atoms with Crippen LogP contribution in [0.5, 0.6) is 0 Å². The van der Waals surface area contributed by atoms with Crippen LogP contribution in [-0.4, -0.2) is 50.4 Å². The number of pyridine rings is 1. The molecule has 0 aliphatic carbocycles. The van der Waals surface area contributed by atoms with Gasteiger partial charge < -0.3 is 10.0 Å². The highest BCUT2D eigenvalue weighted by atomic mass is 16.3. The van der Waals surface area contributed by atoms with Gasteiger partial charge in [0.1, 0.15) is 0 Å². The summed E-state index contributed by atoms with van der Waals surface area (Å²) in [5, 5.41) is 14.6. The number of aromatic nitrogens is 3.